The van der Waals surface area contributed by atoms with Gasteiger partial charge in [-0.05, 0) is 18.4 Å². The molecule has 0 bridgehead atoms. The molecule has 1 aliphatic heterocycles. The first-order valence-corrected chi connectivity index (χ1v) is 13.2. The molecule has 0 saturated carbocycles. The standard InChI is InChI=1S/C29H44O5/c1-3-4-5-6-7-8-9-10-11-12-13-17-20-27-28(31)34-24-29(27,23-33-25(2)30)22-32-21-26-18-15-14-16-19-26/h14-16,18-20H,3-13,17,21-24H2,1-2H3. The van der Waals surface area contributed by atoms with Gasteiger partial charge in [0, 0.05) is 12.5 Å². The van der Waals surface area contributed by atoms with Gasteiger partial charge in [0.25, 0.3) is 0 Å². The number of hydrogen-bond donors (Lipinski definition) is 0. The first kappa shape index (κ1) is 28.1. The topological polar surface area (TPSA) is 61.8 Å². The van der Waals surface area contributed by atoms with E-state index in [1.165, 1.54) is 64.7 Å². The molecule has 0 aromatic heterocycles. The number of rotatable bonds is 18. The van der Waals surface area contributed by atoms with Crippen LogP contribution in [0.1, 0.15) is 96.5 Å². The van der Waals surface area contributed by atoms with E-state index in [9.17, 15) is 9.59 Å². The van der Waals surface area contributed by atoms with Crippen LogP contribution in [-0.2, 0) is 30.4 Å². The molecule has 1 heterocycles. The molecular formula is C29H44O5. The Morgan fingerprint density at radius 1 is 0.941 bits per heavy atom. The van der Waals surface area contributed by atoms with Crippen molar-refractivity contribution in [2.75, 3.05) is 19.8 Å². The lowest BCUT2D eigenvalue weighted by Gasteiger charge is -2.26. The van der Waals surface area contributed by atoms with Crippen molar-refractivity contribution in [3.63, 3.8) is 0 Å². The van der Waals surface area contributed by atoms with Crippen molar-refractivity contribution < 1.29 is 23.8 Å². The third-order valence-corrected chi connectivity index (χ3v) is 6.47. The van der Waals surface area contributed by atoms with Gasteiger partial charge >= 0.3 is 11.9 Å². The molecule has 1 saturated heterocycles. The Bertz CT molecular complexity index is 742. The summed E-state index contributed by atoms with van der Waals surface area (Å²) < 4.78 is 16.7. The highest BCUT2D eigenvalue weighted by molar-refractivity contribution is 5.92. The molecular weight excluding hydrogens is 428 g/mol. The Kier molecular flexibility index (Phi) is 13.6. The first-order valence-electron chi connectivity index (χ1n) is 13.2. The molecule has 1 unspecified atom stereocenters. The monoisotopic (exact) mass is 472 g/mol. The summed E-state index contributed by atoms with van der Waals surface area (Å²) in [6.45, 7) is 4.61. The quantitative estimate of drug-likeness (QED) is 0.132. The van der Waals surface area contributed by atoms with Crippen LogP contribution in [0.5, 0.6) is 0 Å². The highest BCUT2D eigenvalue weighted by Crippen LogP contribution is 2.37. The molecule has 0 radical (unpaired) electrons. The number of ether oxygens (including phenoxy) is 3. The van der Waals surface area contributed by atoms with E-state index in [1.807, 2.05) is 36.4 Å². The Labute approximate surface area is 206 Å². The van der Waals surface area contributed by atoms with Crippen molar-refractivity contribution >= 4 is 11.9 Å². The number of carbonyl (C=O) groups is 2. The van der Waals surface area contributed by atoms with E-state index in [0.717, 1.165) is 24.8 Å². The second-order valence-electron chi connectivity index (χ2n) is 9.56. The minimum absolute atomic E-state index is 0.0902. The van der Waals surface area contributed by atoms with Crippen LogP contribution >= 0.6 is 0 Å². The summed E-state index contributed by atoms with van der Waals surface area (Å²) >= 11 is 0. The van der Waals surface area contributed by atoms with Crippen LogP contribution in [0.2, 0.25) is 0 Å². The second kappa shape index (κ2) is 16.5. The number of allylic oxidation sites excluding steroid dienone is 1. The Morgan fingerprint density at radius 3 is 2.18 bits per heavy atom. The van der Waals surface area contributed by atoms with E-state index in [0.29, 0.717) is 12.2 Å². The maximum Gasteiger partial charge on any atom is 0.334 e. The molecule has 1 fully saturated rings. The maximum atomic E-state index is 12.5. The van der Waals surface area contributed by atoms with Crippen molar-refractivity contribution in [3.05, 3.63) is 47.5 Å². The van der Waals surface area contributed by atoms with Gasteiger partial charge in [-0.25, -0.2) is 4.79 Å². The third-order valence-electron chi connectivity index (χ3n) is 6.47. The smallest absolute Gasteiger partial charge is 0.334 e. The fourth-order valence-corrected chi connectivity index (χ4v) is 4.39. The highest BCUT2D eigenvalue weighted by atomic mass is 16.6. The van der Waals surface area contributed by atoms with Crippen LogP contribution in [0.3, 0.4) is 0 Å². The van der Waals surface area contributed by atoms with Crippen molar-refractivity contribution in [2.45, 2.75) is 97.5 Å². The molecule has 0 aliphatic carbocycles. The molecule has 0 spiro atoms. The van der Waals surface area contributed by atoms with E-state index in [2.05, 4.69) is 6.92 Å². The third kappa shape index (κ3) is 10.4. The van der Waals surface area contributed by atoms with Crippen LogP contribution in [0.25, 0.3) is 0 Å². The predicted octanol–water partition coefficient (Wildman–Crippen LogP) is 6.94. The number of esters is 2. The van der Waals surface area contributed by atoms with E-state index < -0.39 is 5.41 Å². The van der Waals surface area contributed by atoms with Crippen LogP contribution < -0.4 is 0 Å². The van der Waals surface area contributed by atoms with Gasteiger partial charge in [-0.2, -0.15) is 0 Å². The second-order valence-corrected chi connectivity index (χ2v) is 9.56. The molecule has 1 aliphatic rings. The normalized spacial score (nSPS) is 18.9. The zero-order chi connectivity index (χ0) is 24.5. The molecule has 5 nitrogen and oxygen atoms in total. The molecule has 190 valence electrons. The largest absolute Gasteiger partial charge is 0.465 e. The van der Waals surface area contributed by atoms with Gasteiger partial charge in [0.2, 0.25) is 0 Å². The number of benzene rings is 1. The van der Waals surface area contributed by atoms with Crippen LogP contribution in [0.4, 0.5) is 0 Å². The zero-order valence-corrected chi connectivity index (χ0v) is 21.3. The number of hydrogen-bond acceptors (Lipinski definition) is 5. The summed E-state index contributed by atoms with van der Waals surface area (Å²) in [5.74, 6) is -0.690. The molecule has 34 heavy (non-hydrogen) atoms. The number of carbonyl (C=O) groups excluding carboxylic acids is 2. The van der Waals surface area contributed by atoms with E-state index >= 15 is 0 Å². The van der Waals surface area contributed by atoms with Crippen LogP contribution in [0.15, 0.2) is 42.0 Å². The summed E-state index contributed by atoms with van der Waals surface area (Å²) in [6.07, 6.45) is 17.0. The maximum absolute atomic E-state index is 12.5. The van der Waals surface area contributed by atoms with Gasteiger partial charge < -0.3 is 14.2 Å². The SMILES string of the molecule is CCCCCCCCCCCCCC=C1C(=O)OCC1(COCc1ccccc1)COC(C)=O. The first-order chi connectivity index (χ1) is 16.6. The van der Waals surface area contributed by atoms with Crippen molar-refractivity contribution in [1.29, 1.82) is 0 Å². The fourth-order valence-electron chi connectivity index (χ4n) is 4.39. The van der Waals surface area contributed by atoms with E-state index in [1.54, 1.807) is 0 Å². The Morgan fingerprint density at radius 2 is 1.56 bits per heavy atom. The summed E-state index contributed by atoms with van der Waals surface area (Å²) in [5, 5.41) is 0. The lowest BCUT2D eigenvalue weighted by molar-refractivity contribution is -0.145. The van der Waals surface area contributed by atoms with Crippen LogP contribution in [0, 0.1) is 5.41 Å². The molecule has 2 rings (SSSR count). The van der Waals surface area contributed by atoms with Crippen LogP contribution in [-0.4, -0.2) is 31.8 Å². The van der Waals surface area contributed by atoms with Gasteiger partial charge in [-0.3, -0.25) is 4.79 Å². The molecule has 1 atom stereocenters. The summed E-state index contributed by atoms with van der Waals surface area (Å²) in [5.41, 5.74) is 0.908. The molecule has 5 heteroatoms. The van der Waals surface area contributed by atoms with E-state index in [-0.39, 0.29) is 31.8 Å². The molecule has 0 amide bonds. The van der Waals surface area contributed by atoms with Crippen molar-refractivity contribution in [2.24, 2.45) is 5.41 Å². The summed E-state index contributed by atoms with van der Waals surface area (Å²) in [7, 11) is 0. The van der Waals surface area contributed by atoms with E-state index in [4.69, 9.17) is 14.2 Å². The number of cyclic esters (lactones) is 1. The lowest BCUT2D eigenvalue weighted by atomic mass is 9.83. The minimum Gasteiger partial charge on any atom is -0.465 e. The van der Waals surface area contributed by atoms with Gasteiger partial charge in [-0.1, -0.05) is 108 Å². The summed E-state index contributed by atoms with van der Waals surface area (Å²) in [6, 6.07) is 9.89. The average Bonchev–Trinajstić information content (AvgIpc) is 3.14. The Balaban J connectivity index is 1.78. The molecule has 1 aromatic carbocycles. The minimum atomic E-state index is -0.741. The molecule has 1 aromatic rings. The number of unbranched alkanes of at least 4 members (excludes halogenated alkanes) is 11. The summed E-state index contributed by atoms with van der Waals surface area (Å²) in [4.78, 5) is 24.0. The lowest BCUT2D eigenvalue weighted by Crippen LogP contribution is -2.35. The zero-order valence-electron chi connectivity index (χ0n) is 21.3. The van der Waals surface area contributed by atoms with Gasteiger partial charge in [0.1, 0.15) is 13.2 Å². The Hall–Kier alpha value is -2.14. The van der Waals surface area contributed by atoms with Crippen molar-refractivity contribution in [1.82, 2.24) is 0 Å². The predicted molar refractivity (Wildman–Crippen MR) is 135 cm³/mol. The fraction of sp³-hybridized carbons (Fsp3) is 0.655. The van der Waals surface area contributed by atoms with Gasteiger partial charge in [0.05, 0.1) is 18.6 Å². The molecule has 0 N–H and O–H groups in total. The van der Waals surface area contributed by atoms with Gasteiger partial charge in [-0.15, -0.1) is 0 Å². The van der Waals surface area contributed by atoms with Crippen molar-refractivity contribution in [3.8, 4) is 0 Å². The highest BCUT2D eigenvalue weighted by Gasteiger charge is 2.47. The average molecular weight is 473 g/mol. The van der Waals surface area contributed by atoms with Gasteiger partial charge in [0.15, 0.2) is 0 Å².